The highest BCUT2D eigenvalue weighted by Gasteiger charge is 2.19. The zero-order chi connectivity index (χ0) is 13.3. The molecule has 96 valence electrons. The number of fused-ring (bicyclic) bond motifs is 1. The molecule has 2 rings (SSSR count). The summed E-state index contributed by atoms with van der Waals surface area (Å²) in [6.07, 6.45) is -0.0111. The van der Waals surface area contributed by atoms with Gasteiger partial charge in [0.2, 0.25) is 0 Å². The first-order chi connectivity index (χ1) is 8.52. The van der Waals surface area contributed by atoms with Crippen molar-refractivity contribution in [2.75, 3.05) is 7.11 Å². The van der Waals surface area contributed by atoms with Crippen LogP contribution in [0.3, 0.4) is 0 Å². The van der Waals surface area contributed by atoms with Crippen molar-refractivity contribution < 1.29 is 14.3 Å². The van der Waals surface area contributed by atoms with Crippen LogP contribution in [0.25, 0.3) is 10.1 Å². The summed E-state index contributed by atoms with van der Waals surface area (Å²) in [5.41, 5.74) is 5.38. The van der Waals surface area contributed by atoms with E-state index in [4.69, 9.17) is 15.2 Å². The summed E-state index contributed by atoms with van der Waals surface area (Å²) >= 11 is 1.32. The van der Waals surface area contributed by atoms with Crippen molar-refractivity contribution in [3.63, 3.8) is 0 Å². The van der Waals surface area contributed by atoms with Crippen LogP contribution < -0.4 is 15.2 Å². The van der Waals surface area contributed by atoms with Crippen molar-refractivity contribution in [3.05, 3.63) is 23.1 Å². The van der Waals surface area contributed by atoms with E-state index in [0.29, 0.717) is 10.6 Å². The van der Waals surface area contributed by atoms with E-state index < -0.39 is 5.91 Å². The van der Waals surface area contributed by atoms with Gasteiger partial charge < -0.3 is 15.2 Å². The Bertz CT molecular complexity index is 589. The molecule has 0 spiro atoms. The summed E-state index contributed by atoms with van der Waals surface area (Å²) in [6, 6.07) is 5.60. The van der Waals surface area contributed by atoms with Crippen LogP contribution in [0.5, 0.6) is 11.5 Å². The Hall–Kier alpha value is -1.75. The van der Waals surface area contributed by atoms with Gasteiger partial charge in [0.15, 0.2) is 5.75 Å². The number of ether oxygens (including phenoxy) is 2. The summed E-state index contributed by atoms with van der Waals surface area (Å²) in [4.78, 5) is 11.9. The Morgan fingerprint density at radius 2 is 2.11 bits per heavy atom. The Kier molecular flexibility index (Phi) is 3.43. The van der Waals surface area contributed by atoms with E-state index in [1.807, 2.05) is 32.0 Å². The number of nitrogens with two attached hydrogens (primary N) is 1. The van der Waals surface area contributed by atoms with Crippen LogP contribution in [0.1, 0.15) is 23.5 Å². The minimum atomic E-state index is -0.467. The lowest BCUT2D eigenvalue weighted by Crippen LogP contribution is -2.13. The van der Waals surface area contributed by atoms with E-state index in [9.17, 15) is 4.79 Å². The molecule has 0 aliphatic heterocycles. The zero-order valence-electron chi connectivity index (χ0n) is 10.5. The quantitative estimate of drug-likeness (QED) is 0.924. The van der Waals surface area contributed by atoms with Crippen LogP contribution in [-0.2, 0) is 0 Å². The number of benzene rings is 1. The summed E-state index contributed by atoms with van der Waals surface area (Å²) in [5, 5.41) is 0.892. The van der Waals surface area contributed by atoms with Gasteiger partial charge in [-0.25, -0.2) is 0 Å². The van der Waals surface area contributed by atoms with E-state index in [0.717, 1.165) is 15.8 Å². The van der Waals surface area contributed by atoms with Gasteiger partial charge in [-0.05, 0) is 32.0 Å². The number of hydrogen-bond acceptors (Lipinski definition) is 4. The molecular formula is C13H15NO3S. The normalized spacial score (nSPS) is 10.9. The molecule has 0 saturated heterocycles. The molecule has 0 saturated carbocycles. The van der Waals surface area contributed by atoms with Gasteiger partial charge in [0.05, 0.1) is 13.2 Å². The molecule has 4 nitrogen and oxygen atoms in total. The second kappa shape index (κ2) is 4.86. The van der Waals surface area contributed by atoms with Gasteiger partial charge in [0.1, 0.15) is 10.6 Å². The van der Waals surface area contributed by atoms with Crippen molar-refractivity contribution in [3.8, 4) is 11.5 Å². The maximum atomic E-state index is 11.4. The third-order valence-corrected chi connectivity index (χ3v) is 3.58. The number of hydrogen-bond donors (Lipinski definition) is 1. The molecule has 1 aromatic carbocycles. The second-order valence-corrected chi connectivity index (χ2v) is 5.21. The highest BCUT2D eigenvalue weighted by Crippen LogP contribution is 2.39. The van der Waals surface area contributed by atoms with Crippen molar-refractivity contribution in [1.82, 2.24) is 0 Å². The van der Waals surface area contributed by atoms with Crippen molar-refractivity contribution in [2.24, 2.45) is 5.73 Å². The van der Waals surface area contributed by atoms with Crippen LogP contribution >= 0.6 is 11.3 Å². The average Bonchev–Trinajstić information content (AvgIpc) is 2.66. The summed E-state index contributed by atoms with van der Waals surface area (Å²) in [7, 11) is 1.61. The second-order valence-electron chi connectivity index (χ2n) is 4.15. The van der Waals surface area contributed by atoms with Crippen LogP contribution in [0.15, 0.2) is 18.2 Å². The van der Waals surface area contributed by atoms with Crippen LogP contribution in [0.2, 0.25) is 0 Å². The molecule has 2 aromatic rings. The zero-order valence-corrected chi connectivity index (χ0v) is 11.3. The fraction of sp³-hybridized carbons (Fsp3) is 0.308. The standard InChI is InChI=1S/C13H15NO3S/c1-7(2)17-11-9-5-4-8(16-3)6-10(9)18-12(11)13(14)15/h4-7H,1-3H3,(H2,14,15). The number of rotatable bonds is 4. The van der Waals surface area contributed by atoms with Gasteiger partial charge in [0.25, 0.3) is 5.91 Å². The van der Waals surface area contributed by atoms with E-state index in [1.165, 1.54) is 11.3 Å². The molecule has 0 unspecified atom stereocenters. The molecule has 1 aromatic heterocycles. The summed E-state index contributed by atoms with van der Waals surface area (Å²) in [6.45, 7) is 3.83. The number of carbonyl (C=O) groups excluding carboxylic acids is 1. The van der Waals surface area contributed by atoms with E-state index in [1.54, 1.807) is 7.11 Å². The van der Waals surface area contributed by atoms with Gasteiger partial charge in [0, 0.05) is 10.1 Å². The lowest BCUT2D eigenvalue weighted by Gasteiger charge is -2.10. The van der Waals surface area contributed by atoms with E-state index in [2.05, 4.69) is 0 Å². The molecule has 0 aliphatic rings. The molecule has 1 heterocycles. The number of amides is 1. The Labute approximate surface area is 109 Å². The first kappa shape index (κ1) is 12.7. The van der Waals surface area contributed by atoms with Crippen LogP contribution in [0, 0.1) is 0 Å². The molecule has 0 bridgehead atoms. The fourth-order valence-electron chi connectivity index (χ4n) is 1.70. The maximum absolute atomic E-state index is 11.4. The highest BCUT2D eigenvalue weighted by molar-refractivity contribution is 7.21. The predicted molar refractivity (Wildman–Crippen MR) is 72.7 cm³/mol. The molecule has 0 aliphatic carbocycles. The summed E-state index contributed by atoms with van der Waals surface area (Å²) in [5.74, 6) is 0.849. The smallest absolute Gasteiger partial charge is 0.262 e. The number of primary amides is 1. The lowest BCUT2D eigenvalue weighted by atomic mass is 10.2. The first-order valence-corrected chi connectivity index (χ1v) is 6.41. The molecule has 0 fully saturated rings. The Balaban J connectivity index is 2.63. The fourth-order valence-corrected chi connectivity index (χ4v) is 2.71. The molecule has 2 N–H and O–H groups in total. The average molecular weight is 265 g/mol. The number of carbonyl (C=O) groups is 1. The SMILES string of the molecule is COc1ccc2c(OC(C)C)c(C(N)=O)sc2c1. The summed E-state index contributed by atoms with van der Waals surface area (Å²) < 4.78 is 11.8. The number of methoxy groups -OCH3 is 1. The molecule has 5 heteroatoms. The van der Waals surface area contributed by atoms with Gasteiger partial charge in [-0.3, -0.25) is 4.79 Å². The van der Waals surface area contributed by atoms with E-state index in [-0.39, 0.29) is 6.10 Å². The molecule has 18 heavy (non-hydrogen) atoms. The van der Waals surface area contributed by atoms with E-state index >= 15 is 0 Å². The first-order valence-electron chi connectivity index (χ1n) is 5.60. The lowest BCUT2D eigenvalue weighted by molar-refractivity contribution is 0.0999. The monoisotopic (exact) mass is 265 g/mol. The molecule has 1 amide bonds. The minimum Gasteiger partial charge on any atom is -0.497 e. The molecular weight excluding hydrogens is 250 g/mol. The number of thiophene rings is 1. The van der Waals surface area contributed by atoms with Crippen molar-refractivity contribution in [1.29, 1.82) is 0 Å². The largest absolute Gasteiger partial charge is 0.497 e. The Morgan fingerprint density at radius 3 is 2.67 bits per heavy atom. The predicted octanol–water partition coefficient (Wildman–Crippen LogP) is 2.80. The van der Waals surface area contributed by atoms with Crippen LogP contribution in [0.4, 0.5) is 0 Å². The van der Waals surface area contributed by atoms with Crippen LogP contribution in [-0.4, -0.2) is 19.1 Å². The highest BCUT2D eigenvalue weighted by atomic mass is 32.1. The van der Waals surface area contributed by atoms with Crippen molar-refractivity contribution in [2.45, 2.75) is 20.0 Å². The topological polar surface area (TPSA) is 61.6 Å². The maximum Gasteiger partial charge on any atom is 0.262 e. The minimum absolute atomic E-state index is 0.0111. The molecule has 0 radical (unpaired) electrons. The molecule has 0 atom stereocenters. The van der Waals surface area contributed by atoms with Gasteiger partial charge in [-0.15, -0.1) is 11.3 Å². The van der Waals surface area contributed by atoms with Gasteiger partial charge in [-0.2, -0.15) is 0 Å². The van der Waals surface area contributed by atoms with Crippen molar-refractivity contribution >= 4 is 27.3 Å². The third kappa shape index (κ3) is 2.26. The third-order valence-electron chi connectivity index (χ3n) is 2.43. The Morgan fingerprint density at radius 1 is 1.39 bits per heavy atom. The van der Waals surface area contributed by atoms with Gasteiger partial charge >= 0.3 is 0 Å². The van der Waals surface area contributed by atoms with Gasteiger partial charge in [-0.1, -0.05) is 0 Å².